The van der Waals surface area contributed by atoms with Crippen molar-refractivity contribution in [3.8, 4) is 0 Å². The van der Waals surface area contributed by atoms with E-state index in [0.29, 0.717) is 35.5 Å². The molecule has 0 unspecified atom stereocenters. The number of piperazine rings is 1. The van der Waals surface area contributed by atoms with Crippen LogP contribution in [-0.4, -0.2) is 72.2 Å². The Bertz CT molecular complexity index is 1570. The maximum Gasteiger partial charge on any atom is 0.410 e. The van der Waals surface area contributed by atoms with Crippen molar-refractivity contribution in [2.24, 2.45) is 0 Å². The monoisotopic (exact) mass is 534 g/mol. The molecule has 39 heavy (non-hydrogen) atoms. The van der Waals surface area contributed by atoms with E-state index in [-0.39, 0.29) is 29.5 Å². The fraction of sp³-hybridized carbons (Fsp3) is 0.407. The lowest BCUT2D eigenvalue weighted by atomic mass is 10.1. The Kier molecular flexibility index (Phi) is 6.57. The summed E-state index contributed by atoms with van der Waals surface area (Å²) in [5, 5.41) is 6.86. The number of halogens is 1. The second-order valence-electron chi connectivity index (χ2n) is 10.8. The van der Waals surface area contributed by atoms with Gasteiger partial charge < -0.3 is 15.0 Å². The smallest absolute Gasteiger partial charge is 0.410 e. The number of aromatic nitrogens is 5. The number of nitrogens with zero attached hydrogens (tertiary/aromatic N) is 7. The van der Waals surface area contributed by atoms with E-state index in [1.165, 1.54) is 23.0 Å². The van der Waals surface area contributed by atoms with E-state index in [4.69, 9.17) is 4.74 Å². The summed E-state index contributed by atoms with van der Waals surface area (Å²) < 4.78 is 21.4. The fourth-order valence-electron chi connectivity index (χ4n) is 4.99. The maximum atomic E-state index is 14.5. The van der Waals surface area contributed by atoms with Gasteiger partial charge in [-0.15, -0.1) is 0 Å². The first-order valence-electron chi connectivity index (χ1n) is 12.7. The summed E-state index contributed by atoms with van der Waals surface area (Å²) in [5.41, 5.74) is 1.82. The average Bonchev–Trinajstić information content (AvgIpc) is 3.22. The molecule has 0 bridgehead atoms. The molecule has 12 heteroatoms. The zero-order valence-corrected chi connectivity index (χ0v) is 22.8. The van der Waals surface area contributed by atoms with Crippen molar-refractivity contribution in [3.63, 3.8) is 0 Å². The highest BCUT2D eigenvalue weighted by molar-refractivity contribution is 6.13. The molecule has 4 heterocycles. The Labute approximate surface area is 225 Å². The van der Waals surface area contributed by atoms with Crippen molar-refractivity contribution in [2.45, 2.75) is 59.2 Å². The molecule has 1 aromatic carbocycles. The predicted molar refractivity (Wildman–Crippen MR) is 144 cm³/mol. The van der Waals surface area contributed by atoms with Gasteiger partial charge in [0.05, 0.1) is 35.2 Å². The second kappa shape index (κ2) is 9.75. The van der Waals surface area contributed by atoms with Gasteiger partial charge in [0, 0.05) is 31.5 Å². The Hall–Kier alpha value is -4.35. The molecule has 11 nitrogen and oxygen atoms in total. The Morgan fingerprint density at radius 2 is 1.74 bits per heavy atom. The number of rotatable bonds is 3. The number of carbonyl (C=O) groups is 2. The number of carbonyl (C=O) groups excluding carboxylic acids is 2. The van der Waals surface area contributed by atoms with E-state index < -0.39 is 17.3 Å². The van der Waals surface area contributed by atoms with Crippen LogP contribution in [0.3, 0.4) is 0 Å². The van der Waals surface area contributed by atoms with Crippen LogP contribution in [0.15, 0.2) is 36.8 Å². The summed E-state index contributed by atoms with van der Waals surface area (Å²) in [6, 6.07) is 4.48. The van der Waals surface area contributed by atoms with Crippen LogP contribution in [0.1, 0.15) is 50.8 Å². The van der Waals surface area contributed by atoms with E-state index >= 15 is 0 Å². The Balaban J connectivity index is 1.42. The predicted octanol–water partition coefficient (Wildman–Crippen LogP) is 4.21. The fourth-order valence-corrected chi connectivity index (χ4v) is 4.99. The SMILES string of the molecule is Cc1nc2c(F)cc(NC(=O)c3ccc(N4C[C@@H](C)N(C(=O)OC(C)(C)C)[C@@H](C)C4)c4nccnc34)cn2n1. The third kappa shape index (κ3) is 5.18. The quantitative estimate of drug-likeness (QED) is 0.415. The van der Waals surface area contributed by atoms with Gasteiger partial charge in [0.2, 0.25) is 0 Å². The van der Waals surface area contributed by atoms with Crippen LogP contribution in [-0.2, 0) is 4.74 Å². The van der Waals surface area contributed by atoms with Gasteiger partial charge in [0.1, 0.15) is 22.5 Å². The summed E-state index contributed by atoms with van der Waals surface area (Å²) >= 11 is 0. The first-order valence-corrected chi connectivity index (χ1v) is 12.7. The molecule has 1 aliphatic rings. The normalized spacial score (nSPS) is 18.0. The number of hydrogen-bond donors (Lipinski definition) is 1. The third-order valence-electron chi connectivity index (χ3n) is 6.46. The molecule has 3 aromatic heterocycles. The first-order chi connectivity index (χ1) is 18.4. The van der Waals surface area contributed by atoms with Crippen molar-refractivity contribution in [1.82, 2.24) is 29.5 Å². The van der Waals surface area contributed by atoms with E-state index in [9.17, 15) is 14.0 Å². The van der Waals surface area contributed by atoms with Gasteiger partial charge in [-0.25, -0.2) is 18.7 Å². The number of amides is 2. The molecule has 2 amide bonds. The summed E-state index contributed by atoms with van der Waals surface area (Å²) in [6.07, 6.45) is 4.27. The van der Waals surface area contributed by atoms with Crippen LogP contribution in [0.4, 0.5) is 20.6 Å². The Morgan fingerprint density at radius 3 is 2.41 bits per heavy atom. The van der Waals surface area contributed by atoms with Gasteiger partial charge in [0.25, 0.3) is 5.91 Å². The van der Waals surface area contributed by atoms with E-state index in [1.807, 2.05) is 40.7 Å². The van der Waals surface area contributed by atoms with E-state index in [0.717, 1.165) is 5.69 Å². The summed E-state index contributed by atoms with van der Waals surface area (Å²) in [5.74, 6) is -0.633. The van der Waals surface area contributed by atoms with Crippen LogP contribution < -0.4 is 10.2 Å². The summed E-state index contributed by atoms with van der Waals surface area (Å²) in [7, 11) is 0. The number of pyridine rings is 1. The van der Waals surface area contributed by atoms with Crippen LogP contribution in [0.25, 0.3) is 16.7 Å². The molecule has 1 fully saturated rings. The third-order valence-corrected chi connectivity index (χ3v) is 6.46. The van der Waals surface area contributed by atoms with Crippen molar-refractivity contribution in [1.29, 1.82) is 0 Å². The molecule has 204 valence electrons. The molecule has 1 aliphatic heterocycles. The highest BCUT2D eigenvalue weighted by atomic mass is 19.1. The van der Waals surface area contributed by atoms with Crippen molar-refractivity contribution in [2.75, 3.05) is 23.3 Å². The van der Waals surface area contributed by atoms with Gasteiger partial charge in [-0.05, 0) is 53.7 Å². The summed E-state index contributed by atoms with van der Waals surface area (Å²) in [6.45, 7) is 12.3. The first kappa shape index (κ1) is 26.3. The maximum absolute atomic E-state index is 14.5. The molecule has 1 saturated heterocycles. The van der Waals surface area contributed by atoms with Gasteiger partial charge in [-0.3, -0.25) is 19.7 Å². The largest absolute Gasteiger partial charge is 0.444 e. The lowest BCUT2D eigenvalue weighted by Gasteiger charge is -2.45. The Morgan fingerprint density at radius 1 is 1.08 bits per heavy atom. The molecule has 0 radical (unpaired) electrons. The van der Waals surface area contributed by atoms with Crippen molar-refractivity contribution in [3.05, 3.63) is 54.0 Å². The number of fused-ring (bicyclic) bond motifs is 2. The van der Waals surface area contributed by atoms with E-state index in [2.05, 4.69) is 30.3 Å². The van der Waals surface area contributed by atoms with Crippen LogP contribution in [0.5, 0.6) is 0 Å². The van der Waals surface area contributed by atoms with Crippen molar-refractivity contribution < 1.29 is 18.7 Å². The van der Waals surface area contributed by atoms with Gasteiger partial charge in [0.15, 0.2) is 11.5 Å². The summed E-state index contributed by atoms with van der Waals surface area (Å²) in [4.78, 5) is 43.1. The number of nitrogens with one attached hydrogen (secondary N) is 1. The lowest BCUT2D eigenvalue weighted by molar-refractivity contribution is 0.00567. The minimum Gasteiger partial charge on any atom is -0.444 e. The second-order valence-corrected chi connectivity index (χ2v) is 10.8. The molecule has 5 rings (SSSR count). The number of hydrogen-bond acceptors (Lipinski definition) is 8. The van der Waals surface area contributed by atoms with Crippen LogP contribution in [0.2, 0.25) is 0 Å². The molecular weight excluding hydrogens is 503 g/mol. The van der Waals surface area contributed by atoms with Gasteiger partial charge in [-0.2, -0.15) is 5.10 Å². The standard InChI is InChI=1S/C27H31FN8O3/c1-15-12-34(13-16(2)36(15)26(38)39-27(4,5)6)21-8-7-19(22-23(21)30-10-9-29-22)25(37)32-18-11-20(28)24-31-17(3)33-35(24)14-18/h7-11,14-16H,12-13H2,1-6H3,(H,32,37)/t15-,16+. The minimum atomic E-state index is -0.595. The zero-order valence-electron chi connectivity index (χ0n) is 22.8. The molecule has 1 N–H and O–H groups in total. The molecule has 0 aliphatic carbocycles. The molecule has 4 aromatic rings. The lowest BCUT2D eigenvalue weighted by Crippen LogP contribution is -2.59. The van der Waals surface area contributed by atoms with E-state index in [1.54, 1.807) is 24.1 Å². The number of ether oxygens (including phenoxy) is 1. The molecule has 2 atom stereocenters. The molecular formula is C27H31FN8O3. The number of benzene rings is 1. The van der Waals surface area contributed by atoms with Crippen LogP contribution >= 0.6 is 0 Å². The highest BCUT2D eigenvalue weighted by Gasteiger charge is 2.36. The van der Waals surface area contributed by atoms with Gasteiger partial charge >= 0.3 is 6.09 Å². The number of aryl methyl sites for hydroxylation is 1. The molecule has 0 spiro atoms. The highest BCUT2D eigenvalue weighted by Crippen LogP contribution is 2.31. The zero-order chi connectivity index (χ0) is 28.1. The van der Waals surface area contributed by atoms with Crippen molar-refractivity contribution >= 4 is 40.1 Å². The van der Waals surface area contributed by atoms with Crippen LogP contribution in [0, 0.1) is 12.7 Å². The minimum absolute atomic E-state index is 0.0846. The topological polar surface area (TPSA) is 118 Å². The molecule has 0 saturated carbocycles. The number of anilines is 2. The van der Waals surface area contributed by atoms with Gasteiger partial charge in [-0.1, -0.05) is 0 Å². The average molecular weight is 535 g/mol.